The number of fused-ring (bicyclic) bond motifs is 1. The first kappa shape index (κ1) is 27.2. The van der Waals surface area contributed by atoms with E-state index in [0.29, 0.717) is 29.2 Å². The van der Waals surface area contributed by atoms with Crippen LogP contribution in [0.4, 0.5) is 30.7 Å². The Hall–Kier alpha value is -4.40. The Labute approximate surface area is 224 Å². The number of benzene rings is 4. The molecule has 0 unspecified atom stereocenters. The van der Waals surface area contributed by atoms with Crippen LogP contribution in [0.2, 0.25) is 0 Å². The van der Waals surface area contributed by atoms with Gasteiger partial charge >= 0.3 is 12.4 Å². The SMILES string of the molecule is Fc1ccc(C(F)(F)F)c(COc2cccc(-c3c(Cc4ccccc4)cnc4c(C(F)(F)F)cccc34)c2)c1. The van der Waals surface area contributed by atoms with Crippen LogP contribution < -0.4 is 4.74 Å². The zero-order chi connectivity index (χ0) is 28.5. The topological polar surface area (TPSA) is 22.1 Å². The van der Waals surface area contributed by atoms with Crippen LogP contribution >= 0.6 is 0 Å². The van der Waals surface area contributed by atoms with E-state index in [4.69, 9.17) is 4.74 Å². The van der Waals surface area contributed by atoms with Gasteiger partial charge < -0.3 is 4.74 Å². The molecule has 204 valence electrons. The highest BCUT2D eigenvalue weighted by Gasteiger charge is 2.34. The predicted octanol–water partition coefficient (Wildman–Crippen LogP) is 9.25. The van der Waals surface area contributed by atoms with Crippen LogP contribution in [0.15, 0.2) is 97.2 Å². The van der Waals surface area contributed by atoms with Crippen molar-refractivity contribution < 1.29 is 35.5 Å². The number of nitrogens with zero attached hydrogens (tertiary/aromatic N) is 1. The van der Waals surface area contributed by atoms with Gasteiger partial charge in [0.1, 0.15) is 18.2 Å². The van der Waals surface area contributed by atoms with E-state index in [1.807, 2.05) is 30.3 Å². The average molecular weight is 555 g/mol. The van der Waals surface area contributed by atoms with E-state index in [0.717, 1.165) is 23.8 Å². The molecule has 5 aromatic rings. The number of pyridine rings is 1. The molecule has 0 radical (unpaired) electrons. The van der Waals surface area contributed by atoms with Crippen LogP contribution in [0.1, 0.15) is 27.8 Å². The lowest BCUT2D eigenvalue weighted by molar-refractivity contribution is -0.138. The zero-order valence-corrected chi connectivity index (χ0v) is 20.7. The van der Waals surface area contributed by atoms with Gasteiger partial charge in [-0.25, -0.2) is 4.39 Å². The molecule has 0 aliphatic heterocycles. The van der Waals surface area contributed by atoms with Crippen molar-refractivity contribution in [2.45, 2.75) is 25.4 Å². The highest BCUT2D eigenvalue weighted by atomic mass is 19.4. The van der Waals surface area contributed by atoms with Crippen molar-refractivity contribution in [3.05, 3.63) is 131 Å². The van der Waals surface area contributed by atoms with Crippen molar-refractivity contribution in [3.63, 3.8) is 0 Å². The maximum Gasteiger partial charge on any atom is 0.418 e. The average Bonchev–Trinajstić information content (AvgIpc) is 2.91. The van der Waals surface area contributed by atoms with E-state index >= 15 is 0 Å². The third kappa shape index (κ3) is 5.78. The Bertz CT molecular complexity index is 1660. The number of halogens is 7. The lowest BCUT2D eigenvalue weighted by Gasteiger charge is -2.17. The Morgan fingerprint density at radius 2 is 1.40 bits per heavy atom. The molecule has 0 fully saturated rings. The van der Waals surface area contributed by atoms with Crippen molar-refractivity contribution in [2.24, 2.45) is 0 Å². The van der Waals surface area contributed by atoms with Crippen LogP contribution in [0.3, 0.4) is 0 Å². The van der Waals surface area contributed by atoms with Crippen molar-refractivity contribution in [1.82, 2.24) is 4.98 Å². The maximum atomic E-state index is 13.8. The number of aromatic nitrogens is 1. The van der Waals surface area contributed by atoms with Gasteiger partial charge in [0.15, 0.2) is 0 Å². The summed E-state index contributed by atoms with van der Waals surface area (Å²) in [4.78, 5) is 4.18. The normalized spacial score (nSPS) is 12.1. The monoisotopic (exact) mass is 555 g/mol. The van der Waals surface area contributed by atoms with Crippen molar-refractivity contribution >= 4 is 10.9 Å². The van der Waals surface area contributed by atoms with E-state index < -0.39 is 35.9 Å². The van der Waals surface area contributed by atoms with E-state index in [9.17, 15) is 30.7 Å². The Balaban J connectivity index is 1.59. The molecule has 5 rings (SSSR count). The predicted molar refractivity (Wildman–Crippen MR) is 137 cm³/mol. The summed E-state index contributed by atoms with van der Waals surface area (Å²) in [5.74, 6) is -0.674. The number of hydrogen-bond donors (Lipinski definition) is 0. The summed E-state index contributed by atoms with van der Waals surface area (Å²) in [7, 11) is 0. The minimum Gasteiger partial charge on any atom is -0.489 e. The number of hydrogen-bond acceptors (Lipinski definition) is 2. The quantitative estimate of drug-likeness (QED) is 0.195. The molecule has 9 heteroatoms. The van der Waals surface area contributed by atoms with Crippen LogP contribution in [-0.2, 0) is 25.4 Å². The first-order valence-electron chi connectivity index (χ1n) is 12.1. The fraction of sp³-hybridized carbons (Fsp3) is 0.129. The van der Waals surface area contributed by atoms with Gasteiger partial charge in [-0.05, 0) is 65.1 Å². The van der Waals surface area contributed by atoms with E-state index in [1.54, 1.807) is 18.2 Å². The van der Waals surface area contributed by atoms with E-state index in [-0.39, 0.29) is 22.2 Å². The number of rotatable bonds is 6. The molecule has 0 atom stereocenters. The summed E-state index contributed by atoms with van der Waals surface area (Å²) < 4.78 is 101. The molecule has 1 heterocycles. The van der Waals surface area contributed by atoms with Gasteiger partial charge in [0.25, 0.3) is 0 Å². The minimum atomic E-state index is -4.70. The summed E-state index contributed by atoms with van der Waals surface area (Å²) >= 11 is 0. The largest absolute Gasteiger partial charge is 0.489 e. The van der Waals surface area contributed by atoms with Gasteiger partial charge in [0, 0.05) is 17.1 Å². The lowest BCUT2D eigenvalue weighted by atomic mass is 9.92. The molecule has 0 spiro atoms. The van der Waals surface area contributed by atoms with Gasteiger partial charge in [0.05, 0.1) is 16.6 Å². The van der Waals surface area contributed by atoms with E-state index in [1.165, 1.54) is 24.4 Å². The fourth-order valence-corrected chi connectivity index (χ4v) is 4.64. The maximum absolute atomic E-state index is 13.8. The van der Waals surface area contributed by atoms with Crippen LogP contribution in [-0.4, -0.2) is 4.98 Å². The molecule has 4 aromatic carbocycles. The minimum absolute atomic E-state index is 0.164. The lowest BCUT2D eigenvalue weighted by Crippen LogP contribution is -2.11. The van der Waals surface area contributed by atoms with Crippen molar-refractivity contribution in [3.8, 4) is 16.9 Å². The van der Waals surface area contributed by atoms with Crippen LogP contribution in [0.5, 0.6) is 5.75 Å². The molecule has 0 bridgehead atoms. The number of ether oxygens (including phenoxy) is 1. The summed E-state index contributed by atoms with van der Waals surface area (Å²) in [5, 5.41) is 0.268. The summed E-state index contributed by atoms with van der Waals surface area (Å²) in [5.41, 5.74) is 0.0487. The van der Waals surface area contributed by atoms with Gasteiger partial charge in [0.2, 0.25) is 0 Å². The van der Waals surface area contributed by atoms with E-state index in [2.05, 4.69) is 4.98 Å². The molecule has 0 aliphatic carbocycles. The molecule has 2 nitrogen and oxygen atoms in total. The molecule has 1 aromatic heterocycles. The highest BCUT2D eigenvalue weighted by molar-refractivity contribution is 5.98. The molecular formula is C31H20F7NO. The summed E-state index contributed by atoms with van der Waals surface area (Å²) in [6.45, 7) is -0.567. The molecule has 0 saturated carbocycles. The standard InChI is InChI=1S/C31H20F7NO/c32-23-12-13-26(30(33,34)35)22(15-23)18-40-24-9-4-8-20(16-24)28-21(14-19-6-2-1-3-7-19)17-39-29-25(28)10-5-11-27(29)31(36,37)38/h1-13,15-17H,14,18H2. The van der Waals surface area contributed by atoms with Gasteiger partial charge in [-0.2, -0.15) is 26.3 Å². The van der Waals surface area contributed by atoms with Gasteiger partial charge in [-0.1, -0.05) is 54.6 Å². The van der Waals surface area contributed by atoms with Gasteiger partial charge in [-0.3, -0.25) is 4.98 Å². The van der Waals surface area contributed by atoms with Gasteiger partial charge in [-0.15, -0.1) is 0 Å². The van der Waals surface area contributed by atoms with Crippen LogP contribution in [0.25, 0.3) is 22.0 Å². The molecule has 0 amide bonds. The fourth-order valence-electron chi connectivity index (χ4n) is 4.64. The van der Waals surface area contributed by atoms with Crippen molar-refractivity contribution in [2.75, 3.05) is 0 Å². The Kier molecular flexibility index (Phi) is 7.23. The highest BCUT2D eigenvalue weighted by Crippen LogP contribution is 2.40. The molecule has 0 aliphatic rings. The smallest absolute Gasteiger partial charge is 0.418 e. The number of alkyl halides is 6. The molecule has 0 saturated heterocycles. The molecular weight excluding hydrogens is 535 g/mol. The zero-order valence-electron chi connectivity index (χ0n) is 20.7. The Morgan fingerprint density at radius 3 is 2.12 bits per heavy atom. The second-order valence-electron chi connectivity index (χ2n) is 9.14. The molecule has 0 N–H and O–H groups in total. The summed E-state index contributed by atoms with van der Waals surface area (Å²) in [6.07, 6.45) is -7.54. The second-order valence-corrected chi connectivity index (χ2v) is 9.14. The van der Waals surface area contributed by atoms with Crippen LogP contribution in [0, 0.1) is 5.82 Å². The number of para-hydroxylation sites is 1. The third-order valence-electron chi connectivity index (χ3n) is 6.41. The second kappa shape index (κ2) is 10.6. The Morgan fingerprint density at radius 1 is 0.675 bits per heavy atom. The third-order valence-corrected chi connectivity index (χ3v) is 6.41. The first-order chi connectivity index (χ1) is 19.0. The summed E-state index contributed by atoms with van der Waals surface area (Å²) in [6, 6.07) is 21.6. The van der Waals surface area contributed by atoms with Crippen molar-refractivity contribution in [1.29, 1.82) is 0 Å². The molecule has 40 heavy (non-hydrogen) atoms. The first-order valence-corrected chi connectivity index (χ1v) is 12.1.